The van der Waals surface area contributed by atoms with E-state index in [2.05, 4.69) is 15.3 Å². The molecule has 1 aliphatic heterocycles. The topological polar surface area (TPSA) is 105 Å². The van der Waals surface area contributed by atoms with E-state index in [-0.39, 0.29) is 18.4 Å². The van der Waals surface area contributed by atoms with Crippen LogP contribution < -0.4 is 5.32 Å². The first-order valence-electron chi connectivity index (χ1n) is 3.87. The van der Waals surface area contributed by atoms with E-state index in [4.69, 9.17) is 10.9 Å². The second-order valence-corrected chi connectivity index (χ2v) is 2.56. The Bertz CT molecular complexity index is 281. The summed E-state index contributed by atoms with van der Waals surface area (Å²) in [6.45, 7) is 2.42. The van der Waals surface area contributed by atoms with Gasteiger partial charge in [0, 0.05) is 11.5 Å². The molecular weight excluding hydrogens is 172 g/mol. The van der Waals surface area contributed by atoms with E-state index in [0.29, 0.717) is 6.54 Å². The number of urea groups is 1. The number of carbonyl (C=O) groups excluding carboxylic acids is 1. The minimum absolute atomic E-state index is 0.0965. The van der Waals surface area contributed by atoms with Crippen molar-refractivity contribution >= 4 is 11.9 Å². The van der Waals surface area contributed by atoms with Crippen LogP contribution in [0, 0.1) is 5.41 Å². The molecule has 0 spiro atoms. The van der Waals surface area contributed by atoms with E-state index in [9.17, 15) is 4.79 Å². The molecule has 1 atom stereocenters. The standard InChI is InChI=1S/C6H10N6O/c1-2-12-4(3-9-11-8)5(7)10-6(12)13/h4H,2-3H2,1H3,(H2,7,10,13). The molecule has 0 aliphatic carbocycles. The Kier molecular flexibility index (Phi) is 2.71. The van der Waals surface area contributed by atoms with E-state index >= 15 is 0 Å². The molecule has 2 N–H and O–H groups in total. The molecule has 13 heavy (non-hydrogen) atoms. The molecule has 1 fully saturated rings. The number of carbonyl (C=O) groups is 1. The monoisotopic (exact) mass is 182 g/mol. The minimum atomic E-state index is -0.423. The first-order chi connectivity index (χ1) is 6.20. The zero-order chi connectivity index (χ0) is 9.84. The number of nitrogens with one attached hydrogen (secondary N) is 2. The van der Waals surface area contributed by atoms with E-state index in [1.54, 1.807) is 6.92 Å². The lowest BCUT2D eigenvalue weighted by Crippen LogP contribution is -2.36. The first-order valence-corrected chi connectivity index (χ1v) is 3.87. The molecule has 1 rings (SSSR count). The van der Waals surface area contributed by atoms with Crippen LogP contribution in [0.15, 0.2) is 5.11 Å². The maximum absolute atomic E-state index is 11.1. The number of amides is 2. The summed E-state index contributed by atoms with van der Waals surface area (Å²) in [5.41, 5.74) is 8.10. The Labute approximate surface area is 74.8 Å². The highest BCUT2D eigenvalue weighted by Crippen LogP contribution is 2.08. The van der Waals surface area contributed by atoms with Gasteiger partial charge in [-0.05, 0) is 12.5 Å². The third-order valence-corrected chi connectivity index (χ3v) is 1.87. The molecule has 7 heteroatoms. The number of rotatable bonds is 3. The van der Waals surface area contributed by atoms with Crippen LogP contribution in [-0.2, 0) is 0 Å². The van der Waals surface area contributed by atoms with Gasteiger partial charge in [-0.2, -0.15) is 0 Å². The van der Waals surface area contributed by atoms with Crippen molar-refractivity contribution in [1.29, 1.82) is 5.41 Å². The predicted octanol–water partition coefficient (Wildman–Crippen LogP) is 0.688. The zero-order valence-corrected chi connectivity index (χ0v) is 7.19. The highest BCUT2D eigenvalue weighted by molar-refractivity contribution is 6.05. The molecule has 1 aliphatic rings. The first kappa shape index (κ1) is 9.34. The molecule has 0 aromatic carbocycles. The van der Waals surface area contributed by atoms with E-state index < -0.39 is 6.04 Å². The Morgan fingerprint density at radius 2 is 2.54 bits per heavy atom. The fourth-order valence-corrected chi connectivity index (χ4v) is 1.24. The highest BCUT2D eigenvalue weighted by Gasteiger charge is 2.33. The van der Waals surface area contributed by atoms with Crippen molar-refractivity contribution in [2.24, 2.45) is 5.11 Å². The van der Waals surface area contributed by atoms with Crippen LogP contribution in [0.25, 0.3) is 10.4 Å². The quantitative estimate of drug-likeness (QED) is 0.374. The lowest BCUT2D eigenvalue weighted by molar-refractivity contribution is 0.209. The fraction of sp³-hybridized carbons (Fsp3) is 0.667. The van der Waals surface area contributed by atoms with E-state index in [0.717, 1.165) is 0 Å². The van der Waals surface area contributed by atoms with Gasteiger partial charge in [-0.3, -0.25) is 10.7 Å². The average Bonchev–Trinajstić information content (AvgIpc) is 2.37. The van der Waals surface area contributed by atoms with Crippen molar-refractivity contribution in [1.82, 2.24) is 10.2 Å². The summed E-state index contributed by atoms with van der Waals surface area (Å²) < 4.78 is 0. The smallest absolute Gasteiger partial charge is 0.314 e. The summed E-state index contributed by atoms with van der Waals surface area (Å²) in [6.07, 6.45) is 0. The van der Waals surface area contributed by atoms with Crippen LogP contribution in [0.3, 0.4) is 0 Å². The van der Waals surface area contributed by atoms with E-state index in [1.807, 2.05) is 0 Å². The lowest BCUT2D eigenvalue weighted by Gasteiger charge is -2.18. The summed E-state index contributed by atoms with van der Waals surface area (Å²) in [5.74, 6) is 0.0965. The Morgan fingerprint density at radius 3 is 3.08 bits per heavy atom. The number of azide groups is 1. The van der Waals surface area contributed by atoms with Crippen molar-refractivity contribution in [3.63, 3.8) is 0 Å². The number of hydrogen-bond acceptors (Lipinski definition) is 3. The number of amidine groups is 1. The zero-order valence-electron chi connectivity index (χ0n) is 7.19. The maximum atomic E-state index is 11.1. The molecule has 1 saturated heterocycles. The molecule has 0 aromatic rings. The van der Waals surface area contributed by atoms with Crippen molar-refractivity contribution in [2.45, 2.75) is 13.0 Å². The van der Waals surface area contributed by atoms with Gasteiger partial charge in [-0.1, -0.05) is 5.11 Å². The average molecular weight is 182 g/mol. The van der Waals surface area contributed by atoms with Crippen molar-refractivity contribution in [2.75, 3.05) is 13.1 Å². The molecule has 2 amide bonds. The second-order valence-electron chi connectivity index (χ2n) is 2.56. The van der Waals surface area contributed by atoms with Gasteiger partial charge >= 0.3 is 6.03 Å². The summed E-state index contributed by atoms with van der Waals surface area (Å²) in [6, 6.07) is -0.723. The molecule has 70 valence electrons. The van der Waals surface area contributed by atoms with Gasteiger partial charge in [-0.25, -0.2) is 4.79 Å². The molecule has 7 nitrogen and oxygen atoms in total. The van der Waals surface area contributed by atoms with Gasteiger partial charge in [0.2, 0.25) is 0 Å². The molecule has 0 bridgehead atoms. The van der Waals surface area contributed by atoms with Gasteiger partial charge in [0.25, 0.3) is 0 Å². The lowest BCUT2D eigenvalue weighted by atomic mass is 10.2. The molecule has 0 aromatic heterocycles. The maximum Gasteiger partial charge on any atom is 0.323 e. The molecule has 1 unspecified atom stereocenters. The predicted molar refractivity (Wildman–Crippen MR) is 46.4 cm³/mol. The van der Waals surface area contributed by atoms with Crippen LogP contribution >= 0.6 is 0 Å². The van der Waals surface area contributed by atoms with Crippen LogP contribution in [0.2, 0.25) is 0 Å². The third-order valence-electron chi connectivity index (χ3n) is 1.87. The Morgan fingerprint density at radius 1 is 1.85 bits per heavy atom. The molecule has 0 radical (unpaired) electrons. The Balaban J connectivity index is 2.74. The summed E-state index contributed by atoms with van der Waals surface area (Å²) in [4.78, 5) is 15.2. The SMILES string of the molecule is CCN1C(=O)NC(=N)C1CN=[N+]=[N-]. The normalized spacial score (nSPS) is 21.3. The molecule has 0 saturated carbocycles. The summed E-state index contributed by atoms with van der Waals surface area (Å²) in [5, 5.41) is 13.1. The largest absolute Gasteiger partial charge is 0.323 e. The number of hydrogen-bond donors (Lipinski definition) is 2. The van der Waals surface area contributed by atoms with Gasteiger partial charge < -0.3 is 4.90 Å². The molecular formula is C6H10N6O. The summed E-state index contributed by atoms with van der Waals surface area (Å²) in [7, 11) is 0. The van der Waals surface area contributed by atoms with Crippen LogP contribution in [0.1, 0.15) is 6.92 Å². The Hall–Kier alpha value is -1.75. The minimum Gasteiger partial charge on any atom is -0.314 e. The highest BCUT2D eigenvalue weighted by atomic mass is 16.2. The van der Waals surface area contributed by atoms with Crippen LogP contribution in [-0.4, -0.2) is 35.9 Å². The second kappa shape index (κ2) is 3.77. The summed E-state index contributed by atoms with van der Waals surface area (Å²) >= 11 is 0. The van der Waals surface area contributed by atoms with Crippen LogP contribution in [0.4, 0.5) is 4.79 Å². The third kappa shape index (κ3) is 1.70. The van der Waals surface area contributed by atoms with Crippen molar-refractivity contribution in [3.8, 4) is 0 Å². The van der Waals surface area contributed by atoms with Gasteiger partial charge in [0.15, 0.2) is 0 Å². The number of nitrogens with zero attached hydrogens (tertiary/aromatic N) is 4. The van der Waals surface area contributed by atoms with Gasteiger partial charge in [0.1, 0.15) is 5.84 Å². The van der Waals surface area contributed by atoms with Crippen molar-refractivity contribution in [3.05, 3.63) is 10.4 Å². The van der Waals surface area contributed by atoms with Gasteiger partial charge in [-0.15, -0.1) is 0 Å². The molecule has 1 heterocycles. The fourth-order valence-electron chi connectivity index (χ4n) is 1.24. The number of likely N-dealkylation sites (N-methyl/N-ethyl adjacent to an activating group) is 1. The van der Waals surface area contributed by atoms with Crippen molar-refractivity contribution < 1.29 is 4.79 Å². The van der Waals surface area contributed by atoms with Gasteiger partial charge in [0.05, 0.1) is 12.6 Å². The van der Waals surface area contributed by atoms with Crippen LogP contribution in [0.5, 0.6) is 0 Å². The van der Waals surface area contributed by atoms with E-state index in [1.165, 1.54) is 4.90 Å².